The van der Waals surface area contributed by atoms with E-state index in [9.17, 15) is 0 Å². The second-order valence-electron chi connectivity index (χ2n) is 15.2. The Morgan fingerprint density at radius 2 is 0.867 bits per heavy atom. The lowest BCUT2D eigenvalue weighted by atomic mass is 9.96. The maximum absolute atomic E-state index is 5.29. The van der Waals surface area contributed by atoms with Crippen LogP contribution < -0.4 is 0 Å². The molecule has 1 aliphatic carbocycles. The highest BCUT2D eigenvalue weighted by atomic mass is 14.9. The number of hydrogen-bond acceptors (Lipinski definition) is 6. The fraction of sp³-hybridized carbons (Fsp3) is 0. The number of hydrogen-bond donors (Lipinski definition) is 0. The summed E-state index contributed by atoms with van der Waals surface area (Å²) in [6.07, 6.45) is 7.14. The first-order valence-corrected chi connectivity index (χ1v) is 20.0. The van der Waals surface area contributed by atoms with Gasteiger partial charge in [0.1, 0.15) is 0 Å². The Kier molecular flexibility index (Phi) is 7.74. The normalized spacial score (nSPS) is 11.7. The van der Waals surface area contributed by atoms with Crippen molar-refractivity contribution in [2.24, 2.45) is 0 Å². The first-order chi connectivity index (χ1) is 29.7. The van der Waals surface area contributed by atoms with Crippen molar-refractivity contribution in [1.29, 1.82) is 0 Å². The first-order valence-electron chi connectivity index (χ1n) is 20.0. The molecule has 0 fully saturated rings. The Bertz CT molecular complexity index is 3410. The van der Waals surface area contributed by atoms with Gasteiger partial charge in [-0.05, 0) is 98.8 Å². The molecule has 0 bridgehead atoms. The fourth-order valence-corrected chi connectivity index (χ4v) is 8.62. The predicted octanol–water partition coefficient (Wildman–Crippen LogP) is 13.2. The average Bonchev–Trinajstić information content (AvgIpc) is 3.65. The molecule has 5 heterocycles. The Balaban J connectivity index is 0.887. The lowest BCUT2D eigenvalue weighted by molar-refractivity contribution is 1.17. The SMILES string of the molecule is c1cncc(-c2cc(-c3ccncc3)nc(-c3ccc(-c4ccc5ccc6ccc(-c7cccc(-c8ccc9c(c8)-c8cccc%10cccc-9c8%10)c7)nc6c5n4)cc3)n2)c1. The van der Waals surface area contributed by atoms with Gasteiger partial charge >= 0.3 is 0 Å². The lowest BCUT2D eigenvalue weighted by Crippen LogP contribution is -1.96. The highest BCUT2D eigenvalue weighted by molar-refractivity contribution is 6.15. The van der Waals surface area contributed by atoms with Gasteiger partial charge in [-0.3, -0.25) is 9.97 Å². The Hall–Kier alpha value is -8.22. The molecule has 0 aliphatic heterocycles. The molecule has 0 N–H and O–H groups in total. The summed E-state index contributed by atoms with van der Waals surface area (Å²) >= 11 is 0. The molecule has 0 unspecified atom stereocenters. The zero-order valence-corrected chi connectivity index (χ0v) is 32.2. The van der Waals surface area contributed by atoms with Crippen LogP contribution in [-0.4, -0.2) is 29.9 Å². The molecule has 5 aromatic heterocycles. The third-order valence-electron chi connectivity index (χ3n) is 11.6. The first kappa shape index (κ1) is 33.9. The molecular weight excluding hydrogens is 733 g/mol. The van der Waals surface area contributed by atoms with Crippen LogP contribution in [0.25, 0.3) is 122 Å². The number of rotatable bonds is 6. The number of fused-ring (bicyclic) bond motifs is 6. The van der Waals surface area contributed by atoms with Gasteiger partial charge in [0.25, 0.3) is 0 Å². The molecule has 0 radical (unpaired) electrons. The van der Waals surface area contributed by atoms with E-state index < -0.39 is 0 Å². The van der Waals surface area contributed by atoms with Gasteiger partial charge in [0.05, 0.1) is 33.8 Å². The van der Waals surface area contributed by atoms with Crippen LogP contribution in [0.1, 0.15) is 0 Å². The minimum Gasteiger partial charge on any atom is -0.265 e. The molecular formula is C54H32N6. The lowest BCUT2D eigenvalue weighted by Gasteiger charge is -2.11. The van der Waals surface area contributed by atoms with E-state index in [1.54, 1.807) is 18.6 Å². The van der Waals surface area contributed by atoms with Crippen molar-refractivity contribution in [3.05, 3.63) is 195 Å². The monoisotopic (exact) mass is 764 g/mol. The van der Waals surface area contributed by atoms with Crippen LogP contribution in [0.3, 0.4) is 0 Å². The van der Waals surface area contributed by atoms with Crippen molar-refractivity contribution in [2.45, 2.75) is 0 Å². The van der Waals surface area contributed by atoms with Crippen molar-refractivity contribution in [3.8, 4) is 89.8 Å². The van der Waals surface area contributed by atoms with E-state index in [2.05, 4.69) is 149 Å². The van der Waals surface area contributed by atoms with Crippen LogP contribution in [0.4, 0.5) is 0 Å². The molecule has 0 saturated heterocycles. The van der Waals surface area contributed by atoms with Gasteiger partial charge in [-0.15, -0.1) is 0 Å². The number of pyridine rings is 4. The Morgan fingerprint density at radius 3 is 1.60 bits per heavy atom. The quantitative estimate of drug-likeness (QED) is 0.157. The predicted molar refractivity (Wildman–Crippen MR) is 243 cm³/mol. The molecule has 6 aromatic carbocycles. The third kappa shape index (κ3) is 5.73. The molecule has 1 aliphatic rings. The van der Waals surface area contributed by atoms with Crippen molar-refractivity contribution >= 4 is 32.6 Å². The number of aromatic nitrogens is 6. The van der Waals surface area contributed by atoms with Crippen LogP contribution in [0.15, 0.2) is 195 Å². The van der Waals surface area contributed by atoms with Gasteiger partial charge in [0, 0.05) is 63.4 Å². The van der Waals surface area contributed by atoms with E-state index >= 15 is 0 Å². The van der Waals surface area contributed by atoms with E-state index in [1.807, 2.05) is 36.5 Å². The molecule has 0 saturated carbocycles. The molecule has 278 valence electrons. The van der Waals surface area contributed by atoms with Gasteiger partial charge in [-0.25, -0.2) is 19.9 Å². The van der Waals surface area contributed by atoms with Crippen LogP contribution in [0.2, 0.25) is 0 Å². The van der Waals surface area contributed by atoms with Crippen LogP contribution in [-0.2, 0) is 0 Å². The fourth-order valence-electron chi connectivity index (χ4n) is 8.62. The second kappa shape index (κ2) is 13.7. The third-order valence-corrected chi connectivity index (χ3v) is 11.6. The van der Waals surface area contributed by atoms with Crippen molar-refractivity contribution in [1.82, 2.24) is 29.9 Å². The van der Waals surface area contributed by atoms with E-state index in [0.29, 0.717) is 5.82 Å². The van der Waals surface area contributed by atoms with E-state index in [0.717, 1.165) is 78.0 Å². The summed E-state index contributed by atoms with van der Waals surface area (Å²) in [5.74, 6) is 0.632. The summed E-state index contributed by atoms with van der Waals surface area (Å²) in [4.78, 5) is 29.0. The van der Waals surface area contributed by atoms with Gasteiger partial charge < -0.3 is 0 Å². The molecule has 6 nitrogen and oxygen atoms in total. The number of nitrogens with zero attached hydrogens (tertiary/aromatic N) is 6. The molecule has 0 spiro atoms. The maximum Gasteiger partial charge on any atom is 0.160 e. The molecule has 12 rings (SSSR count). The molecule has 60 heavy (non-hydrogen) atoms. The van der Waals surface area contributed by atoms with Gasteiger partial charge in [0.2, 0.25) is 0 Å². The zero-order chi connectivity index (χ0) is 39.6. The van der Waals surface area contributed by atoms with E-state index in [-0.39, 0.29) is 0 Å². The van der Waals surface area contributed by atoms with Gasteiger partial charge in [0.15, 0.2) is 5.82 Å². The van der Waals surface area contributed by atoms with Gasteiger partial charge in [-0.1, -0.05) is 115 Å². The van der Waals surface area contributed by atoms with Crippen molar-refractivity contribution in [3.63, 3.8) is 0 Å². The summed E-state index contributed by atoms with van der Waals surface area (Å²) < 4.78 is 0. The maximum atomic E-state index is 5.29. The number of benzene rings is 6. The van der Waals surface area contributed by atoms with Crippen LogP contribution >= 0.6 is 0 Å². The summed E-state index contributed by atoms with van der Waals surface area (Å²) in [5.41, 5.74) is 17.5. The minimum absolute atomic E-state index is 0.632. The van der Waals surface area contributed by atoms with E-state index in [1.165, 1.54) is 38.6 Å². The Labute approximate surface area is 345 Å². The van der Waals surface area contributed by atoms with Crippen LogP contribution in [0.5, 0.6) is 0 Å². The summed E-state index contributed by atoms with van der Waals surface area (Å²) in [6.45, 7) is 0. The van der Waals surface area contributed by atoms with E-state index in [4.69, 9.17) is 19.9 Å². The summed E-state index contributed by atoms with van der Waals surface area (Å²) in [5, 5.41) is 4.71. The molecule has 0 atom stereocenters. The minimum atomic E-state index is 0.632. The largest absolute Gasteiger partial charge is 0.265 e. The summed E-state index contributed by atoms with van der Waals surface area (Å²) in [6, 6.07) is 59.6. The van der Waals surface area contributed by atoms with Crippen LogP contribution in [0, 0.1) is 0 Å². The zero-order valence-electron chi connectivity index (χ0n) is 32.2. The van der Waals surface area contributed by atoms with Crippen molar-refractivity contribution in [2.75, 3.05) is 0 Å². The second-order valence-corrected chi connectivity index (χ2v) is 15.2. The highest BCUT2D eigenvalue weighted by Crippen LogP contribution is 2.48. The standard InChI is InChI=1S/C54H32N6/c1-7-39(40-18-21-43-44-10-2-5-35-6-3-11-45(51(35)44)46(43)30-40)29-41(8-1)48-23-20-37-15-14-36-19-22-47(57-52(36)53(37)58-48)33-12-16-38(17-13-33)54-59-49(34-24-27-55-28-25-34)31-50(60-54)42-9-4-26-56-32-42/h1-32H. The molecule has 6 heteroatoms. The van der Waals surface area contributed by atoms with Gasteiger partial charge in [-0.2, -0.15) is 0 Å². The van der Waals surface area contributed by atoms with Crippen molar-refractivity contribution < 1.29 is 0 Å². The smallest absolute Gasteiger partial charge is 0.160 e. The summed E-state index contributed by atoms with van der Waals surface area (Å²) in [7, 11) is 0. The average molecular weight is 765 g/mol. The topological polar surface area (TPSA) is 77.3 Å². The molecule has 11 aromatic rings. The highest BCUT2D eigenvalue weighted by Gasteiger charge is 2.21. The molecule has 0 amide bonds. The Morgan fingerprint density at radius 1 is 0.283 bits per heavy atom.